The molecule has 22 heavy (non-hydrogen) atoms. The molecule has 1 aliphatic rings. The van der Waals surface area contributed by atoms with Gasteiger partial charge in [0.15, 0.2) is 0 Å². The fourth-order valence-corrected chi connectivity index (χ4v) is 2.61. The third-order valence-electron chi connectivity index (χ3n) is 4.06. The van der Waals surface area contributed by atoms with E-state index in [1.54, 1.807) is 0 Å². The number of carboxylic acid groups (broad SMARTS) is 1. The van der Waals surface area contributed by atoms with E-state index in [-0.39, 0.29) is 5.78 Å². The van der Waals surface area contributed by atoms with E-state index in [0.29, 0.717) is 18.6 Å². The summed E-state index contributed by atoms with van der Waals surface area (Å²) >= 11 is 0. The molecule has 0 bridgehead atoms. The highest BCUT2D eigenvalue weighted by molar-refractivity contribution is 5.95. The smallest absolute Gasteiger partial charge is 0.303 e. The molecule has 4 nitrogen and oxygen atoms in total. The molecular formula is C18H30O4. The summed E-state index contributed by atoms with van der Waals surface area (Å²) in [5, 5.41) is 8.52. The maximum Gasteiger partial charge on any atom is 0.303 e. The van der Waals surface area contributed by atoms with Crippen molar-refractivity contribution in [1.82, 2.24) is 0 Å². The Kier molecular flexibility index (Phi) is 10.4. The summed E-state index contributed by atoms with van der Waals surface area (Å²) in [5.41, 5.74) is 0. The number of carbonyl (C=O) groups is 2. The van der Waals surface area contributed by atoms with Crippen LogP contribution in [0.5, 0.6) is 0 Å². The molecule has 1 N–H and O–H groups in total. The molecule has 0 radical (unpaired) electrons. The van der Waals surface area contributed by atoms with Crippen LogP contribution in [-0.2, 0) is 14.3 Å². The van der Waals surface area contributed by atoms with E-state index >= 15 is 0 Å². The number of hydrogen-bond acceptors (Lipinski definition) is 3. The molecule has 0 saturated heterocycles. The lowest BCUT2D eigenvalue weighted by Gasteiger charge is -2.02. The minimum atomic E-state index is -0.678. The number of Topliss-reactive ketones (excluding diaryl/α,β-unsaturated/α-hetero) is 1. The molecule has 0 fully saturated rings. The second-order valence-corrected chi connectivity index (χ2v) is 6.16. The third kappa shape index (κ3) is 11.4. The van der Waals surface area contributed by atoms with Gasteiger partial charge in [0.1, 0.15) is 6.26 Å². The van der Waals surface area contributed by atoms with Gasteiger partial charge in [0.25, 0.3) is 0 Å². The molecular weight excluding hydrogens is 280 g/mol. The third-order valence-corrected chi connectivity index (χ3v) is 4.06. The lowest BCUT2D eigenvalue weighted by atomic mass is 10.0. The standard InChI is InChI=1S/C18H30O4/c19-16(17-15-22-17)13-11-9-7-5-3-1-2-4-6-8-10-12-14-18(20)21/h15H,1-14H2,(H,20,21). The molecule has 126 valence electrons. The van der Waals surface area contributed by atoms with Gasteiger partial charge in [-0.2, -0.15) is 0 Å². The first-order chi connectivity index (χ1) is 10.7. The number of hydrogen-bond donors (Lipinski definition) is 1. The maximum atomic E-state index is 11.3. The summed E-state index contributed by atoms with van der Waals surface area (Å²) in [5.74, 6) is 0.0358. The molecule has 0 amide bonds. The molecule has 1 rings (SSSR count). The first kappa shape index (κ1) is 18.7. The zero-order valence-corrected chi connectivity index (χ0v) is 13.6. The number of unbranched alkanes of at least 4 members (excludes halogenated alkanes) is 11. The lowest BCUT2D eigenvalue weighted by molar-refractivity contribution is -0.137. The van der Waals surface area contributed by atoms with Crippen LogP contribution in [0.3, 0.4) is 0 Å². The topological polar surface area (TPSA) is 66.9 Å². The van der Waals surface area contributed by atoms with Crippen LogP contribution in [0.4, 0.5) is 0 Å². The molecule has 0 aromatic heterocycles. The molecule has 0 aromatic carbocycles. The number of carboxylic acids is 1. The van der Waals surface area contributed by atoms with E-state index in [9.17, 15) is 9.59 Å². The highest BCUT2D eigenvalue weighted by atomic mass is 16.5. The molecule has 1 aliphatic heterocycles. The minimum absolute atomic E-state index is 0.156. The Hall–Kier alpha value is -1.32. The highest BCUT2D eigenvalue weighted by Gasteiger charge is 2.18. The SMILES string of the molecule is O=C(O)CCCCCCCCCCCCCCC(=O)C1=CO1. The summed E-state index contributed by atoms with van der Waals surface area (Å²) in [7, 11) is 0. The molecule has 0 atom stereocenters. The number of rotatable bonds is 16. The van der Waals surface area contributed by atoms with Gasteiger partial charge >= 0.3 is 5.97 Å². The molecule has 0 saturated carbocycles. The van der Waals surface area contributed by atoms with Crippen molar-refractivity contribution in [3.8, 4) is 0 Å². The Labute approximate surface area is 133 Å². The molecule has 0 spiro atoms. The van der Waals surface area contributed by atoms with Gasteiger partial charge in [0.2, 0.25) is 11.5 Å². The van der Waals surface area contributed by atoms with Crippen LogP contribution in [-0.4, -0.2) is 16.9 Å². The van der Waals surface area contributed by atoms with Crippen molar-refractivity contribution in [2.45, 2.75) is 89.9 Å². The number of ether oxygens (including phenoxy) is 1. The van der Waals surface area contributed by atoms with Crippen LogP contribution in [0.1, 0.15) is 89.9 Å². The highest BCUT2D eigenvalue weighted by Crippen LogP contribution is 2.18. The van der Waals surface area contributed by atoms with Crippen molar-refractivity contribution in [1.29, 1.82) is 0 Å². The van der Waals surface area contributed by atoms with Gasteiger partial charge in [-0.1, -0.05) is 64.2 Å². The zero-order chi connectivity index (χ0) is 16.0. The average Bonchev–Trinajstić information content (AvgIpc) is 3.31. The van der Waals surface area contributed by atoms with E-state index < -0.39 is 5.97 Å². The van der Waals surface area contributed by atoms with Crippen LogP contribution < -0.4 is 0 Å². The van der Waals surface area contributed by atoms with E-state index in [1.165, 1.54) is 57.6 Å². The number of aliphatic carboxylic acids is 1. The first-order valence-electron chi connectivity index (χ1n) is 8.82. The van der Waals surface area contributed by atoms with Gasteiger partial charge in [0.05, 0.1) is 0 Å². The van der Waals surface area contributed by atoms with Gasteiger partial charge < -0.3 is 9.84 Å². The Morgan fingerprint density at radius 1 is 0.727 bits per heavy atom. The Balaban J connectivity index is 1.68. The fourth-order valence-electron chi connectivity index (χ4n) is 2.61. The number of ketones is 1. The first-order valence-corrected chi connectivity index (χ1v) is 8.82. The summed E-state index contributed by atoms with van der Waals surface area (Å²) in [4.78, 5) is 21.7. The van der Waals surface area contributed by atoms with Crippen LogP contribution in [0, 0.1) is 0 Å². The Bertz CT molecular complexity index is 360. The van der Waals surface area contributed by atoms with Crippen molar-refractivity contribution in [3.63, 3.8) is 0 Å². The quantitative estimate of drug-likeness (QED) is 0.409. The van der Waals surface area contributed by atoms with Crippen molar-refractivity contribution < 1.29 is 19.4 Å². The summed E-state index contributed by atoms with van der Waals surface area (Å²) in [6.45, 7) is 0. The monoisotopic (exact) mass is 310 g/mol. The summed E-state index contributed by atoms with van der Waals surface area (Å²) < 4.78 is 4.76. The van der Waals surface area contributed by atoms with Crippen LogP contribution in [0.2, 0.25) is 0 Å². The van der Waals surface area contributed by atoms with Crippen molar-refractivity contribution in [3.05, 3.63) is 12.0 Å². The van der Waals surface area contributed by atoms with E-state index in [1.807, 2.05) is 0 Å². The largest absolute Gasteiger partial charge is 0.481 e. The Morgan fingerprint density at radius 3 is 1.45 bits per heavy atom. The van der Waals surface area contributed by atoms with Gasteiger partial charge in [-0.15, -0.1) is 0 Å². The Morgan fingerprint density at radius 2 is 1.09 bits per heavy atom. The normalized spacial score (nSPS) is 12.6. The lowest BCUT2D eigenvalue weighted by Crippen LogP contribution is -1.94. The van der Waals surface area contributed by atoms with Gasteiger partial charge in [-0.3, -0.25) is 9.59 Å². The molecule has 0 unspecified atom stereocenters. The summed E-state index contributed by atoms with van der Waals surface area (Å²) in [6.07, 6.45) is 16.5. The second kappa shape index (κ2) is 12.2. The molecule has 0 aliphatic carbocycles. The zero-order valence-electron chi connectivity index (χ0n) is 13.6. The molecule has 0 aromatic rings. The van der Waals surface area contributed by atoms with Gasteiger partial charge in [0, 0.05) is 12.8 Å². The second-order valence-electron chi connectivity index (χ2n) is 6.16. The minimum Gasteiger partial charge on any atom is -0.481 e. The maximum absolute atomic E-state index is 11.3. The summed E-state index contributed by atoms with van der Waals surface area (Å²) in [6, 6.07) is 0. The predicted octanol–water partition coefficient (Wildman–Crippen LogP) is 4.97. The van der Waals surface area contributed by atoms with Crippen LogP contribution in [0.25, 0.3) is 0 Å². The number of carbonyl (C=O) groups excluding carboxylic acids is 1. The van der Waals surface area contributed by atoms with E-state index in [0.717, 1.165) is 25.7 Å². The predicted molar refractivity (Wildman–Crippen MR) is 86.4 cm³/mol. The average molecular weight is 310 g/mol. The van der Waals surface area contributed by atoms with E-state index in [4.69, 9.17) is 9.84 Å². The van der Waals surface area contributed by atoms with Crippen molar-refractivity contribution in [2.75, 3.05) is 0 Å². The van der Waals surface area contributed by atoms with Crippen molar-refractivity contribution >= 4 is 11.8 Å². The van der Waals surface area contributed by atoms with Gasteiger partial charge in [-0.25, -0.2) is 0 Å². The number of allylic oxidation sites excluding steroid dienone is 1. The van der Waals surface area contributed by atoms with Crippen molar-refractivity contribution in [2.24, 2.45) is 0 Å². The molecule has 1 heterocycles. The molecule has 4 heteroatoms. The fraction of sp³-hybridized carbons (Fsp3) is 0.778. The van der Waals surface area contributed by atoms with Crippen LogP contribution in [0.15, 0.2) is 12.0 Å². The van der Waals surface area contributed by atoms with Crippen LogP contribution >= 0.6 is 0 Å². The van der Waals surface area contributed by atoms with Gasteiger partial charge in [-0.05, 0) is 12.8 Å². The van der Waals surface area contributed by atoms with E-state index in [2.05, 4.69) is 0 Å².